The summed E-state index contributed by atoms with van der Waals surface area (Å²) in [6, 6.07) is 8.54. The Morgan fingerprint density at radius 2 is 1.78 bits per heavy atom. The summed E-state index contributed by atoms with van der Waals surface area (Å²) in [6.45, 7) is 14.8. The molecule has 2 heterocycles. The van der Waals surface area contributed by atoms with Crippen LogP contribution in [0.4, 0.5) is 0 Å². The van der Waals surface area contributed by atoms with Crippen LogP contribution in [0.25, 0.3) is 0 Å². The first-order chi connectivity index (χ1) is 15.1. The topological polar surface area (TPSA) is 67.4 Å². The van der Waals surface area contributed by atoms with Crippen LogP contribution in [0.1, 0.15) is 44.7 Å². The highest BCUT2D eigenvalue weighted by Crippen LogP contribution is 2.16. The molecule has 7 nitrogen and oxygen atoms in total. The Kier molecular flexibility index (Phi) is 12.2. The van der Waals surface area contributed by atoms with E-state index in [2.05, 4.69) is 60.6 Å². The average molecular weight is 561 g/mol. The molecule has 0 bridgehead atoms. The number of nitrogens with one attached hydrogen (secondary N) is 2. The summed E-state index contributed by atoms with van der Waals surface area (Å²) in [6.07, 6.45) is 2.29. The molecular formula is C24H41IN4O3. The number of nitrogens with zero attached hydrogens (tertiary/aromatic N) is 2. The quantitative estimate of drug-likeness (QED) is 0.275. The summed E-state index contributed by atoms with van der Waals surface area (Å²) >= 11 is 0. The van der Waals surface area contributed by atoms with E-state index in [0.717, 1.165) is 71.4 Å². The first kappa shape index (κ1) is 27.3. The number of morpholine rings is 1. The fourth-order valence-corrected chi connectivity index (χ4v) is 3.97. The number of halogens is 1. The number of ether oxygens (including phenoxy) is 3. The summed E-state index contributed by atoms with van der Waals surface area (Å²) < 4.78 is 17.0. The number of hydrogen-bond donors (Lipinski definition) is 2. The van der Waals surface area contributed by atoms with Crippen LogP contribution in [-0.4, -0.2) is 75.1 Å². The van der Waals surface area contributed by atoms with Crippen molar-refractivity contribution in [3.05, 3.63) is 35.4 Å². The van der Waals surface area contributed by atoms with E-state index in [4.69, 9.17) is 19.2 Å². The zero-order chi connectivity index (χ0) is 21.9. The van der Waals surface area contributed by atoms with E-state index in [9.17, 15) is 0 Å². The summed E-state index contributed by atoms with van der Waals surface area (Å²) in [7, 11) is 0. The van der Waals surface area contributed by atoms with Crippen molar-refractivity contribution in [2.75, 3.05) is 52.6 Å². The Morgan fingerprint density at radius 1 is 1.09 bits per heavy atom. The van der Waals surface area contributed by atoms with Crippen molar-refractivity contribution in [1.29, 1.82) is 0 Å². The van der Waals surface area contributed by atoms with E-state index >= 15 is 0 Å². The lowest BCUT2D eigenvalue weighted by Crippen LogP contribution is -2.56. The second-order valence-corrected chi connectivity index (χ2v) is 8.90. The summed E-state index contributed by atoms with van der Waals surface area (Å²) in [5.74, 6) is 0.854. The van der Waals surface area contributed by atoms with Gasteiger partial charge in [-0.25, -0.2) is 4.99 Å². The van der Waals surface area contributed by atoms with E-state index in [1.807, 2.05) is 0 Å². The molecule has 0 spiro atoms. The van der Waals surface area contributed by atoms with Gasteiger partial charge in [-0.05, 0) is 44.7 Å². The molecule has 0 aromatic heterocycles. The molecular weight excluding hydrogens is 519 g/mol. The van der Waals surface area contributed by atoms with Crippen LogP contribution in [0.5, 0.6) is 0 Å². The number of hydrogen-bond acceptors (Lipinski definition) is 5. The predicted molar refractivity (Wildman–Crippen MR) is 140 cm³/mol. The van der Waals surface area contributed by atoms with Gasteiger partial charge in [-0.1, -0.05) is 24.3 Å². The maximum Gasteiger partial charge on any atom is 0.191 e. The zero-order valence-electron chi connectivity index (χ0n) is 19.9. The fraction of sp³-hybridized carbons (Fsp3) is 0.708. The molecule has 32 heavy (non-hydrogen) atoms. The van der Waals surface area contributed by atoms with Crippen LogP contribution in [0.15, 0.2) is 29.3 Å². The minimum Gasteiger partial charge on any atom is -0.381 e. The highest BCUT2D eigenvalue weighted by atomic mass is 127. The third kappa shape index (κ3) is 9.13. The minimum absolute atomic E-state index is 0. The van der Waals surface area contributed by atoms with Crippen molar-refractivity contribution in [2.45, 2.75) is 58.4 Å². The highest BCUT2D eigenvalue weighted by Gasteiger charge is 2.28. The van der Waals surface area contributed by atoms with E-state index in [1.165, 1.54) is 11.1 Å². The SMILES string of the molecule is CCNC(=NCc1cccc(COC2CCOCC2)c1)NCC(C)(C)N1CCOCC1.I. The molecule has 0 aliphatic carbocycles. The van der Waals surface area contributed by atoms with Crippen LogP contribution in [0.2, 0.25) is 0 Å². The first-order valence-corrected chi connectivity index (χ1v) is 11.7. The second-order valence-electron chi connectivity index (χ2n) is 8.90. The molecule has 2 fully saturated rings. The molecule has 3 rings (SSSR count). The first-order valence-electron chi connectivity index (χ1n) is 11.7. The average Bonchev–Trinajstić information content (AvgIpc) is 2.81. The van der Waals surface area contributed by atoms with E-state index in [1.54, 1.807) is 0 Å². The van der Waals surface area contributed by atoms with Gasteiger partial charge in [-0.3, -0.25) is 4.90 Å². The van der Waals surface area contributed by atoms with Gasteiger partial charge in [-0.2, -0.15) is 0 Å². The molecule has 0 amide bonds. The minimum atomic E-state index is 0. The number of aliphatic imine (C=N–C) groups is 1. The number of guanidine groups is 1. The monoisotopic (exact) mass is 560 g/mol. The van der Waals surface area contributed by atoms with Gasteiger partial charge >= 0.3 is 0 Å². The lowest BCUT2D eigenvalue weighted by molar-refractivity contribution is -0.0390. The third-order valence-corrected chi connectivity index (χ3v) is 5.96. The number of rotatable bonds is 9. The Hall–Kier alpha value is -0.940. The molecule has 182 valence electrons. The van der Waals surface area contributed by atoms with Crippen molar-refractivity contribution < 1.29 is 14.2 Å². The van der Waals surface area contributed by atoms with Gasteiger partial charge in [0.05, 0.1) is 32.5 Å². The zero-order valence-corrected chi connectivity index (χ0v) is 22.2. The van der Waals surface area contributed by atoms with Gasteiger partial charge in [0.2, 0.25) is 0 Å². The Bertz CT molecular complexity index is 690. The number of benzene rings is 1. The molecule has 2 aliphatic rings. The largest absolute Gasteiger partial charge is 0.381 e. The van der Waals surface area contributed by atoms with Crippen LogP contribution in [-0.2, 0) is 27.4 Å². The van der Waals surface area contributed by atoms with Crippen molar-refractivity contribution in [2.24, 2.45) is 4.99 Å². The molecule has 0 atom stereocenters. The molecule has 0 saturated carbocycles. The summed E-state index contributed by atoms with van der Waals surface area (Å²) in [4.78, 5) is 7.30. The van der Waals surface area contributed by atoms with E-state index in [-0.39, 0.29) is 29.5 Å². The molecule has 2 aliphatic heterocycles. The molecule has 8 heteroatoms. The molecule has 1 aromatic rings. The maximum absolute atomic E-state index is 6.07. The highest BCUT2D eigenvalue weighted by molar-refractivity contribution is 14.0. The molecule has 1 aromatic carbocycles. The van der Waals surface area contributed by atoms with E-state index in [0.29, 0.717) is 19.3 Å². The Morgan fingerprint density at radius 3 is 2.50 bits per heavy atom. The summed E-state index contributed by atoms with van der Waals surface area (Å²) in [5, 5.41) is 6.90. The second kappa shape index (κ2) is 14.3. The lowest BCUT2D eigenvalue weighted by atomic mass is 10.0. The normalized spacial score (nSPS) is 18.8. The molecule has 0 unspecified atom stereocenters. The maximum atomic E-state index is 6.07. The van der Waals surface area contributed by atoms with Gasteiger partial charge in [0.1, 0.15) is 0 Å². The third-order valence-electron chi connectivity index (χ3n) is 5.96. The van der Waals surface area contributed by atoms with Crippen LogP contribution < -0.4 is 10.6 Å². The van der Waals surface area contributed by atoms with Gasteiger partial charge < -0.3 is 24.8 Å². The Balaban J connectivity index is 0.00000363. The van der Waals surface area contributed by atoms with Crippen molar-refractivity contribution >= 4 is 29.9 Å². The van der Waals surface area contributed by atoms with Gasteiger partial charge in [0, 0.05) is 44.9 Å². The van der Waals surface area contributed by atoms with Crippen LogP contribution >= 0.6 is 24.0 Å². The smallest absolute Gasteiger partial charge is 0.191 e. The van der Waals surface area contributed by atoms with Crippen LogP contribution in [0, 0.1) is 0 Å². The summed E-state index contributed by atoms with van der Waals surface area (Å²) in [5.41, 5.74) is 2.44. The lowest BCUT2D eigenvalue weighted by Gasteiger charge is -2.41. The predicted octanol–water partition coefficient (Wildman–Crippen LogP) is 3.17. The molecule has 0 radical (unpaired) electrons. The Labute approximate surface area is 210 Å². The molecule has 2 N–H and O–H groups in total. The van der Waals surface area contributed by atoms with Crippen molar-refractivity contribution in [1.82, 2.24) is 15.5 Å². The van der Waals surface area contributed by atoms with Crippen molar-refractivity contribution in [3.63, 3.8) is 0 Å². The standard InChI is InChI=1S/C24H40N4O3.HI/c1-4-25-23(27-19-24(2,3)28-10-14-30-15-11-28)26-17-20-6-5-7-21(16-20)18-31-22-8-12-29-13-9-22;/h5-7,16,22H,4,8-15,17-19H2,1-3H3,(H2,25,26,27);1H. The van der Waals surface area contributed by atoms with Crippen LogP contribution in [0.3, 0.4) is 0 Å². The van der Waals surface area contributed by atoms with E-state index < -0.39 is 0 Å². The van der Waals surface area contributed by atoms with Gasteiger partial charge in [0.15, 0.2) is 5.96 Å². The van der Waals surface area contributed by atoms with Crippen molar-refractivity contribution in [3.8, 4) is 0 Å². The fourth-order valence-electron chi connectivity index (χ4n) is 3.97. The van der Waals surface area contributed by atoms with Gasteiger partial charge in [0.25, 0.3) is 0 Å². The van der Waals surface area contributed by atoms with Gasteiger partial charge in [-0.15, -0.1) is 24.0 Å². The molecule has 2 saturated heterocycles.